The largest absolute Gasteiger partial charge is 0.497 e. The molecule has 0 fully saturated rings. The minimum atomic E-state index is -0.533. The number of carbonyl (C=O) groups is 1. The van der Waals surface area contributed by atoms with Crippen LogP contribution < -0.4 is 20.4 Å². The number of nitrogens with one attached hydrogen (secondary N) is 1. The second-order valence-corrected chi connectivity index (χ2v) is 6.68. The van der Waals surface area contributed by atoms with Gasteiger partial charge < -0.3 is 19.2 Å². The molecule has 6 nitrogen and oxygen atoms in total. The fraction of sp³-hybridized carbons (Fsp3) is 0.0833. The summed E-state index contributed by atoms with van der Waals surface area (Å²) in [5.74, 6) is -0.000364. The minimum Gasteiger partial charge on any atom is -0.497 e. The lowest BCUT2D eigenvalue weighted by atomic mass is 10.0. The van der Waals surface area contributed by atoms with Gasteiger partial charge in [0.15, 0.2) is 6.61 Å². The van der Waals surface area contributed by atoms with Crippen molar-refractivity contribution in [3.63, 3.8) is 0 Å². The Balaban J connectivity index is 1.54. The standard InChI is InChI=1S/C24H18FNO5/c1-29-16-8-6-15(7-9-16)19-13-24(28)31-22-12-17(10-11-18(19)22)30-14-23(27)26-21-5-3-2-4-20(21)25/h2-13H,14H2,1H3,(H,26,27). The number of methoxy groups -OCH3 is 1. The van der Waals surface area contributed by atoms with Gasteiger partial charge in [-0.2, -0.15) is 0 Å². The van der Waals surface area contributed by atoms with E-state index in [-0.39, 0.29) is 12.3 Å². The van der Waals surface area contributed by atoms with Gasteiger partial charge in [0, 0.05) is 17.5 Å². The minimum absolute atomic E-state index is 0.0738. The first-order valence-corrected chi connectivity index (χ1v) is 9.43. The molecule has 0 bridgehead atoms. The molecule has 1 N–H and O–H groups in total. The zero-order chi connectivity index (χ0) is 21.8. The number of rotatable bonds is 6. The molecule has 0 saturated heterocycles. The van der Waals surface area contributed by atoms with Gasteiger partial charge in [-0.15, -0.1) is 0 Å². The van der Waals surface area contributed by atoms with Gasteiger partial charge in [-0.25, -0.2) is 9.18 Å². The van der Waals surface area contributed by atoms with E-state index in [0.29, 0.717) is 28.0 Å². The average molecular weight is 419 g/mol. The Morgan fingerprint density at radius 2 is 1.74 bits per heavy atom. The van der Waals surface area contributed by atoms with Crippen LogP contribution in [-0.2, 0) is 4.79 Å². The van der Waals surface area contributed by atoms with E-state index < -0.39 is 17.3 Å². The highest BCUT2D eigenvalue weighted by atomic mass is 19.1. The molecule has 4 aromatic rings. The van der Waals surface area contributed by atoms with Gasteiger partial charge in [-0.1, -0.05) is 24.3 Å². The third kappa shape index (κ3) is 4.56. The molecule has 1 amide bonds. The number of hydrogen-bond acceptors (Lipinski definition) is 5. The van der Waals surface area contributed by atoms with Crippen LogP contribution >= 0.6 is 0 Å². The van der Waals surface area contributed by atoms with Crippen molar-refractivity contribution in [2.45, 2.75) is 0 Å². The predicted octanol–water partition coefficient (Wildman–Crippen LogP) is 4.63. The monoisotopic (exact) mass is 419 g/mol. The van der Waals surface area contributed by atoms with Crippen molar-refractivity contribution in [3.05, 3.63) is 89.0 Å². The van der Waals surface area contributed by atoms with Crippen molar-refractivity contribution in [1.82, 2.24) is 0 Å². The smallest absolute Gasteiger partial charge is 0.336 e. The van der Waals surface area contributed by atoms with Crippen LogP contribution in [0.1, 0.15) is 0 Å². The molecular formula is C24H18FNO5. The summed E-state index contributed by atoms with van der Waals surface area (Å²) in [6, 6.07) is 19.6. The quantitative estimate of drug-likeness (QED) is 0.461. The molecular weight excluding hydrogens is 401 g/mol. The molecule has 3 aromatic carbocycles. The van der Waals surface area contributed by atoms with Crippen molar-refractivity contribution in [2.75, 3.05) is 19.0 Å². The number of amides is 1. The summed E-state index contributed by atoms with van der Waals surface area (Å²) in [6.07, 6.45) is 0. The summed E-state index contributed by atoms with van der Waals surface area (Å²) < 4.78 is 29.6. The Hall–Kier alpha value is -4.13. The Bertz CT molecular complexity index is 1300. The maximum Gasteiger partial charge on any atom is 0.336 e. The molecule has 0 aliphatic carbocycles. The molecule has 156 valence electrons. The van der Waals surface area contributed by atoms with Crippen LogP contribution in [0.5, 0.6) is 11.5 Å². The lowest BCUT2D eigenvalue weighted by molar-refractivity contribution is -0.118. The summed E-state index contributed by atoms with van der Waals surface area (Å²) in [6.45, 7) is -0.331. The van der Waals surface area contributed by atoms with Crippen LogP contribution in [0.3, 0.4) is 0 Å². The van der Waals surface area contributed by atoms with Crippen molar-refractivity contribution >= 4 is 22.6 Å². The van der Waals surface area contributed by atoms with E-state index in [9.17, 15) is 14.0 Å². The maximum absolute atomic E-state index is 13.6. The number of halogens is 1. The van der Waals surface area contributed by atoms with Crippen molar-refractivity contribution in [1.29, 1.82) is 0 Å². The predicted molar refractivity (Wildman–Crippen MR) is 115 cm³/mol. The highest BCUT2D eigenvalue weighted by Crippen LogP contribution is 2.30. The number of ether oxygens (including phenoxy) is 2. The Morgan fingerprint density at radius 1 is 1.00 bits per heavy atom. The molecule has 0 aliphatic heterocycles. The first-order chi connectivity index (χ1) is 15.0. The topological polar surface area (TPSA) is 77.8 Å². The number of carbonyl (C=O) groups excluding carboxylic acids is 1. The molecule has 0 unspecified atom stereocenters. The van der Waals surface area contributed by atoms with Gasteiger partial charge in [0.2, 0.25) is 0 Å². The number of anilines is 1. The Morgan fingerprint density at radius 3 is 2.48 bits per heavy atom. The highest BCUT2D eigenvalue weighted by Gasteiger charge is 2.11. The second-order valence-electron chi connectivity index (χ2n) is 6.68. The molecule has 31 heavy (non-hydrogen) atoms. The number of fused-ring (bicyclic) bond motifs is 1. The fourth-order valence-electron chi connectivity index (χ4n) is 3.14. The van der Waals surface area contributed by atoms with Gasteiger partial charge in [0.05, 0.1) is 12.8 Å². The highest BCUT2D eigenvalue weighted by molar-refractivity contribution is 5.94. The van der Waals surface area contributed by atoms with Gasteiger partial charge >= 0.3 is 5.63 Å². The molecule has 7 heteroatoms. The van der Waals surface area contributed by atoms with Crippen LogP contribution in [0.4, 0.5) is 10.1 Å². The SMILES string of the molecule is COc1ccc(-c2cc(=O)oc3cc(OCC(=O)Nc4ccccc4F)ccc23)cc1. The normalized spacial score (nSPS) is 10.6. The number of hydrogen-bond donors (Lipinski definition) is 1. The van der Waals surface area contributed by atoms with E-state index in [1.165, 1.54) is 24.3 Å². The van der Waals surface area contributed by atoms with Crippen LogP contribution in [-0.4, -0.2) is 19.6 Å². The van der Waals surface area contributed by atoms with Gasteiger partial charge in [0.1, 0.15) is 22.9 Å². The lowest BCUT2D eigenvalue weighted by Crippen LogP contribution is -2.20. The zero-order valence-corrected chi connectivity index (χ0v) is 16.6. The van der Waals surface area contributed by atoms with Crippen LogP contribution in [0.2, 0.25) is 0 Å². The summed E-state index contributed by atoms with van der Waals surface area (Å²) in [4.78, 5) is 24.1. The van der Waals surface area contributed by atoms with E-state index in [4.69, 9.17) is 13.9 Å². The number of para-hydroxylation sites is 1. The van der Waals surface area contributed by atoms with Crippen LogP contribution in [0.25, 0.3) is 22.1 Å². The third-order valence-corrected chi connectivity index (χ3v) is 4.63. The lowest BCUT2D eigenvalue weighted by Gasteiger charge is -2.10. The Kier molecular flexibility index (Phi) is 5.66. The van der Waals surface area contributed by atoms with Crippen molar-refractivity contribution < 1.29 is 23.1 Å². The van der Waals surface area contributed by atoms with Crippen LogP contribution in [0, 0.1) is 5.82 Å². The summed E-state index contributed by atoms with van der Waals surface area (Å²) in [5, 5.41) is 3.16. The molecule has 1 aromatic heterocycles. The van der Waals surface area contributed by atoms with E-state index in [0.717, 1.165) is 5.56 Å². The molecule has 4 rings (SSSR count). The third-order valence-electron chi connectivity index (χ3n) is 4.63. The Labute approximate surface area is 176 Å². The molecule has 0 atom stereocenters. The number of benzene rings is 3. The molecule has 1 heterocycles. The van der Waals surface area contributed by atoms with Gasteiger partial charge in [-0.05, 0) is 47.5 Å². The van der Waals surface area contributed by atoms with Crippen molar-refractivity contribution in [3.8, 4) is 22.6 Å². The van der Waals surface area contributed by atoms with E-state index in [2.05, 4.69) is 5.32 Å². The van der Waals surface area contributed by atoms with Crippen LogP contribution in [0.15, 0.2) is 82.0 Å². The fourth-order valence-corrected chi connectivity index (χ4v) is 3.14. The summed E-state index contributed by atoms with van der Waals surface area (Å²) in [5.41, 5.74) is 1.43. The van der Waals surface area contributed by atoms with Crippen molar-refractivity contribution in [2.24, 2.45) is 0 Å². The maximum atomic E-state index is 13.6. The van der Waals surface area contributed by atoms with E-state index >= 15 is 0 Å². The summed E-state index contributed by atoms with van der Waals surface area (Å²) >= 11 is 0. The van der Waals surface area contributed by atoms with E-state index in [1.807, 2.05) is 12.1 Å². The molecule has 0 spiro atoms. The molecule has 0 radical (unpaired) electrons. The van der Waals surface area contributed by atoms with Gasteiger partial charge in [-0.3, -0.25) is 4.79 Å². The molecule has 0 aliphatic rings. The summed E-state index contributed by atoms with van der Waals surface area (Å²) in [7, 11) is 1.58. The second kappa shape index (κ2) is 8.71. The van der Waals surface area contributed by atoms with E-state index in [1.54, 1.807) is 43.5 Å². The zero-order valence-electron chi connectivity index (χ0n) is 16.6. The molecule has 0 saturated carbocycles. The average Bonchev–Trinajstić information content (AvgIpc) is 2.78. The first-order valence-electron chi connectivity index (χ1n) is 9.43. The van der Waals surface area contributed by atoms with Gasteiger partial charge in [0.25, 0.3) is 5.91 Å². The first kappa shape index (κ1) is 20.2.